The number of hydrogen-bond donors (Lipinski definition) is 3. The second-order valence-corrected chi connectivity index (χ2v) is 5.23. The molecule has 4 N–H and O–H groups in total. The van der Waals surface area contributed by atoms with Crippen molar-refractivity contribution in [3.63, 3.8) is 0 Å². The molecule has 0 atom stereocenters. The molecule has 0 fully saturated rings. The highest BCUT2D eigenvalue weighted by Gasteiger charge is 2.08. The summed E-state index contributed by atoms with van der Waals surface area (Å²) < 4.78 is 10.7. The van der Waals surface area contributed by atoms with Gasteiger partial charge in [-0.15, -0.1) is 0 Å². The Labute approximate surface area is 144 Å². The van der Waals surface area contributed by atoms with Gasteiger partial charge in [-0.3, -0.25) is 4.79 Å². The monoisotopic (exact) mass is 338 g/mol. The maximum atomic E-state index is 12.1. The number of carbonyl (C=O) groups is 1. The summed E-state index contributed by atoms with van der Waals surface area (Å²) in [5, 5.41) is 3.66. The number of aromatic nitrogens is 1. The van der Waals surface area contributed by atoms with E-state index in [1.807, 2.05) is 18.2 Å². The van der Waals surface area contributed by atoms with Crippen LogP contribution in [-0.4, -0.2) is 24.6 Å². The van der Waals surface area contributed by atoms with Crippen LogP contribution < -0.4 is 26.1 Å². The topological polar surface area (TPSA) is 98.5 Å². The summed E-state index contributed by atoms with van der Waals surface area (Å²) in [6, 6.07) is 16.2. The number of methoxy groups -OCH3 is 1. The Kier molecular flexibility index (Phi) is 4.96. The number of nitrogens with two attached hydrogens (primary N) is 1. The lowest BCUT2D eigenvalue weighted by molar-refractivity contribution is -0.118. The van der Waals surface area contributed by atoms with Crippen LogP contribution in [0.1, 0.15) is 0 Å². The fourth-order valence-corrected chi connectivity index (χ4v) is 2.33. The Balaban J connectivity index is 1.68. The molecule has 0 saturated heterocycles. The molecule has 3 rings (SSSR count). The van der Waals surface area contributed by atoms with Gasteiger partial charge in [0.25, 0.3) is 5.91 Å². The Morgan fingerprint density at radius 1 is 1.12 bits per heavy atom. The fourth-order valence-electron chi connectivity index (χ4n) is 2.33. The molecule has 1 heterocycles. The van der Waals surface area contributed by atoms with Gasteiger partial charge in [-0.25, -0.2) is 10.8 Å². The number of anilines is 2. The van der Waals surface area contributed by atoms with Crippen molar-refractivity contribution in [1.29, 1.82) is 0 Å². The molecule has 3 aromatic rings. The summed E-state index contributed by atoms with van der Waals surface area (Å²) in [6.07, 6.45) is 0. The van der Waals surface area contributed by atoms with Crippen LogP contribution in [0.3, 0.4) is 0 Å². The van der Waals surface area contributed by atoms with Crippen LogP contribution in [0.4, 0.5) is 11.5 Å². The lowest BCUT2D eigenvalue weighted by Crippen LogP contribution is -2.20. The Morgan fingerprint density at radius 3 is 2.64 bits per heavy atom. The minimum atomic E-state index is -0.268. The van der Waals surface area contributed by atoms with Crippen LogP contribution in [0.5, 0.6) is 11.5 Å². The number of pyridine rings is 1. The molecule has 128 valence electrons. The van der Waals surface area contributed by atoms with Crippen LogP contribution in [0, 0.1) is 0 Å². The third-order valence-corrected chi connectivity index (χ3v) is 3.56. The Morgan fingerprint density at radius 2 is 1.92 bits per heavy atom. The molecule has 0 saturated carbocycles. The number of nitrogens with zero attached hydrogens (tertiary/aromatic N) is 1. The van der Waals surface area contributed by atoms with Crippen LogP contribution in [-0.2, 0) is 4.79 Å². The number of nitrogens with one attached hydrogen (secondary N) is 2. The number of rotatable bonds is 6. The van der Waals surface area contributed by atoms with Gasteiger partial charge >= 0.3 is 0 Å². The predicted molar refractivity (Wildman–Crippen MR) is 96.7 cm³/mol. The average Bonchev–Trinajstić information content (AvgIpc) is 2.66. The number of benzene rings is 2. The zero-order chi connectivity index (χ0) is 17.6. The zero-order valence-corrected chi connectivity index (χ0v) is 13.7. The predicted octanol–water partition coefficient (Wildman–Crippen LogP) is 2.55. The molecule has 7 nitrogen and oxygen atoms in total. The number of carbonyl (C=O) groups excluding carboxylic acids is 1. The molecule has 1 amide bonds. The maximum absolute atomic E-state index is 12.1. The first-order valence-electron chi connectivity index (χ1n) is 7.62. The van der Waals surface area contributed by atoms with E-state index in [-0.39, 0.29) is 12.5 Å². The highest BCUT2D eigenvalue weighted by Crippen LogP contribution is 2.25. The lowest BCUT2D eigenvalue weighted by atomic mass is 10.2. The number of nitrogen functional groups attached to an aromatic ring is 1. The number of hydrazine groups is 1. The molecule has 0 bridgehead atoms. The van der Waals surface area contributed by atoms with E-state index < -0.39 is 0 Å². The third kappa shape index (κ3) is 3.96. The third-order valence-electron chi connectivity index (χ3n) is 3.56. The van der Waals surface area contributed by atoms with Gasteiger partial charge < -0.3 is 20.2 Å². The first-order valence-corrected chi connectivity index (χ1v) is 7.62. The number of amides is 1. The second kappa shape index (κ2) is 7.50. The summed E-state index contributed by atoms with van der Waals surface area (Å²) in [7, 11) is 1.59. The van der Waals surface area contributed by atoms with E-state index in [4.69, 9.17) is 15.3 Å². The molecule has 2 aromatic carbocycles. The van der Waals surface area contributed by atoms with E-state index in [1.165, 1.54) is 0 Å². The van der Waals surface area contributed by atoms with Gasteiger partial charge in [0.1, 0.15) is 22.8 Å². The average molecular weight is 338 g/mol. The molecule has 25 heavy (non-hydrogen) atoms. The normalized spacial score (nSPS) is 10.3. The van der Waals surface area contributed by atoms with Gasteiger partial charge in [-0.2, -0.15) is 0 Å². The van der Waals surface area contributed by atoms with E-state index in [0.717, 1.165) is 11.1 Å². The van der Waals surface area contributed by atoms with Crippen molar-refractivity contribution >= 4 is 28.3 Å². The number of fused-ring (bicyclic) bond motifs is 1. The first kappa shape index (κ1) is 16.5. The minimum absolute atomic E-state index is 0.132. The molecule has 0 aliphatic carbocycles. The summed E-state index contributed by atoms with van der Waals surface area (Å²) in [6.45, 7) is -0.132. The van der Waals surface area contributed by atoms with Gasteiger partial charge in [0.05, 0.1) is 7.11 Å². The summed E-state index contributed by atoms with van der Waals surface area (Å²) in [5.41, 5.74) is 3.80. The number of para-hydroxylation sites is 1. The van der Waals surface area contributed by atoms with E-state index in [9.17, 15) is 4.79 Å². The van der Waals surface area contributed by atoms with Crippen molar-refractivity contribution in [1.82, 2.24) is 4.98 Å². The van der Waals surface area contributed by atoms with E-state index in [0.29, 0.717) is 22.8 Å². The van der Waals surface area contributed by atoms with E-state index in [1.54, 1.807) is 43.5 Å². The highest BCUT2D eigenvalue weighted by molar-refractivity contribution is 5.92. The van der Waals surface area contributed by atoms with Gasteiger partial charge in [-0.05, 0) is 42.5 Å². The standard InChI is InChI=1S/C18H18N4O3/c1-24-14-8-6-13(7-9-14)20-17(23)11-25-15-4-2-3-12-5-10-16(22-19)21-18(12)15/h2-10H,11,19H2,1H3,(H,20,23)(H,21,22). The smallest absolute Gasteiger partial charge is 0.262 e. The molecular formula is C18H18N4O3. The molecule has 1 aromatic heterocycles. The molecule has 0 radical (unpaired) electrons. The van der Waals surface area contributed by atoms with Crippen molar-refractivity contribution in [2.75, 3.05) is 24.5 Å². The maximum Gasteiger partial charge on any atom is 0.262 e. The molecule has 0 aliphatic heterocycles. The highest BCUT2D eigenvalue weighted by atomic mass is 16.5. The van der Waals surface area contributed by atoms with Gasteiger partial charge in [-0.1, -0.05) is 12.1 Å². The van der Waals surface area contributed by atoms with Crippen molar-refractivity contribution in [3.05, 3.63) is 54.6 Å². The first-order chi connectivity index (χ1) is 12.2. The summed E-state index contributed by atoms with van der Waals surface area (Å²) >= 11 is 0. The molecule has 7 heteroatoms. The van der Waals surface area contributed by atoms with Crippen molar-refractivity contribution in [2.24, 2.45) is 5.84 Å². The SMILES string of the molecule is COc1ccc(NC(=O)COc2cccc3ccc(NN)nc23)cc1. The van der Waals surface area contributed by atoms with Crippen LogP contribution >= 0.6 is 0 Å². The molecular weight excluding hydrogens is 320 g/mol. The summed E-state index contributed by atoms with van der Waals surface area (Å²) in [4.78, 5) is 16.4. The van der Waals surface area contributed by atoms with Gasteiger partial charge in [0, 0.05) is 11.1 Å². The quantitative estimate of drug-likeness (QED) is 0.472. The summed E-state index contributed by atoms with van der Waals surface area (Å²) in [5.74, 6) is 6.88. The van der Waals surface area contributed by atoms with Crippen LogP contribution in [0.2, 0.25) is 0 Å². The van der Waals surface area contributed by atoms with Crippen LogP contribution in [0.25, 0.3) is 10.9 Å². The van der Waals surface area contributed by atoms with E-state index >= 15 is 0 Å². The van der Waals surface area contributed by atoms with Crippen LogP contribution in [0.15, 0.2) is 54.6 Å². The van der Waals surface area contributed by atoms with E-state index in [2.05, 4.69) is 15.7 Å². The number of hydrogen-bond acceptors (Lipinski definition) is 6. The molecule has 0 aliphatic rings. The number of ether oxygens (including phenoxy) is 2. The fraction of sp³-hybridized carbons (Fsp3) is 0.111. The van der Waals surface area contributed by atoms with Crippen molar-refractivity contribution in [3.8, 4) is 11.5 Å². The van der Waals surface area contributed by atoms with Crippen molar-refractivity contribution < 1.29 is 14.3 Å². The second-order valence-electron chi connectivity index (χ2n) is 5.23. The molecule has 0 unspecified atom stereocenters. The van der Waals surface area contributed by atoms with Gasteiger partial charge in [0.2, 0.25) is 0 Å². The Bertz CT molecular complexity index is 881. The largest absolute Gasteiger partial charge is 0.497 e. The van der Waals surface area contributed by atoms with Gasteiger partial charge in [0.15, 0.2) is 6.61 Å². The zero-order valence-electron chi connectivity index (χ0n) is 13.7. The Hall–Kier alpha value is -3.32. The molecule has 0 spiro atoms. The lowest BCUT2D eigenvalue weighted by Gasteiger charge is -2.10. The van der Waals surface area contributed by atoms with Crippen molar-refractivity contribution in [2.45, 2.75) is 0 Å². The minimum Gasteiger partial charge on any atom is -0.497 e.